The number of allylic oxidation sites excluding steroid dienone is 2. The van der Waals surface area contributed by atoms with Gasteiger partial charge in [-0.25, -0.2) is 9.69 Å². The molecule has 4 amide bonds. The Kier molecular flexibility index (Phi) is 8.75. The number of aromatic hydroxyl groups is 2. The number of hydrogen-bond donors (Lipinski definition) is 4. The highest BCUT2D eigenvalue weighted by atomic mass is 35.5. The fourth-order valence-electron chi connectivity index (χ4n) is 9.84. The molecule has 5 aromatic rings. The number of hydrogen-bond acceptors (Lipinski definition) is 9. The van der Waals surface area contributed by atoms with Gasteiger partial charge >= 0.3 is 5.97 Å². The van der Waals surface area contributed by atoms with Crippen molar-refractivity contribution < 1.29 is 44.0 Å². The Morgan fingerprint density at radius 1 is 0.845 bits per heavy atom. The van der Waals surface area contributed by atoms with E-state index >= 15 is 9.59 Å². The molecule has 2 heterocycles. The number of carbonyl (C=O) groups is 5. The van der Waals surface area contributed by atoms with Crippen molar-refractivity contribution in [2.24, 2.45) is 23.7 Å². The third-order valence-electron chi connectivity index (χ3n) is 12.3. The largest absolute Gasteiger partial charge is 0.508 e. The molecule has 2 aliphatic heterocycles. The minimum atomic E-state index is -1.71. The monoisotopic (exact) mass is 817 g/mol. The summed E-state index contributed by atoms with van der Waals surface area (Å²) in [5.74, 6) is -8.82. The van der Waals surface area contributed by atoms with Crippen LogP contribution in [0, 0.1) is 23.7 Å². The summed E-state index contributed by atoms with van der Waals surface area (Å²) in [4.78, 5) is 72.3. The molecule has 6 unspecified atom stereocenters. The van der Waals surface area contributed by atoms with Crippen molar-refractivity contribution >= 4 is 74.9 Å². The molecule has 4 N–H and O–H groups in total. The summed E-state index contributed by atoms with van der Waals surface area (Å²) in [6, 6.07) is 25.6. The van der Waals surface area contributed by atoms with E-state index in [0.29, 0.717) is 32.9 Å². The second-order valence-corrected chi connectivity index (χ2v) is 15.8. The lowest BCUT2D eigenvalue weighted by Gasteiger charge is -2.51. The molecule has 0 bridgehead atoms. The summed E-state index contributed by atoms with van der Waals surface area (Å²) in [5, 5.41) is 34.8. The van der Waals surface area contributed by atoms with Crippen LogP contribution in [0.25, 0.3) is 10.8 Å². The van der Waals surface area contributed by atoms with Gasteiger partial charge in [0.1, 0.15) is 22.8 Å². The number of methoxy groups -OCH3 is 1. The van der Waals surface area contributed by atoms with Gasteiger partial charge in [-0.1, -0.05) is 77.3 Å². The molecule has 3 fully saturated rings. The number of carboxylic acid groups (broad SMARTS) is 1. The van der Waals surface area contributed by atoms with Crippen LogP contribution in [0.1, 0.15) is 40.2 Å². The minimum absolute atomic E-state index is 0.00225. The highest BCUT2D eigenvalue weighted by Gasteiger charge is 2.71. The Morgan fingerprint density at radius 3 is 2.31 bits per heavy atom. The lowest BCUT2D eigenvalue weighted by molar-refractivity contribution is -0.138. The van der Waals surface area contributed by atoms with Gasteiger partial charge in [0.15, 0.2) is 0 Å². The predicted octanol–water partition coefficient (Wildman–Crippen LogP) is 7.45. The predicted molar refractivity (Wildman–Crippen MR) is 214 cm³/mol. The van der Waals surface area contributed by atoms with Crippen molar-refractivity contribution in [3.05, 3.63) is 135 Å². The van der Waals surface area contributed by atoms with E-state index in [4.69, 9.17) is 27.9 Å². The van der Waals surface area contributed by atoms with E-state index in [-0.39, 0.29) is 35.0 Å². The highest BCUT2D eigenvalue weighted by molar-refractivity contribution is 6.36. The van der Waals surface area contributed by atoms with Gasteiger partial charge < -0.3 is 20.1 Å². The number of rotatable bonds is 7. The number of imide groups is 2. The molecular weight excluding hydrogens is 785 g/mol. The van der Waals surface area contributed by atoms with E-state index in [1.807, 2.05) is 30.3 Å². The summed E-state index contributed by atoms with van der Waals surface area (Å²) in [7, 11) is 1.51. The van der Waals surface area contributed by atoms with Crippen LogP contribution in [-0.2, 0) is 24.6 Å². The zero-order valence-corrected chi connectivity index (χ0v) is 32.1. The number of carbonyl (C=O) groups excluding carboxylic acids is 4. The first kappa shape index (κ1) is 37.2. The van der Waals surface area contributed by atoms with Crippen molar-refractivity contribution in [2.45, 2.75) is 24.2 Å². The standard InChI is InChI=1S/C44H33Cl2N3O9/c1-58-25-11-7-22(8-12-25)44-31(40(53)49(43(44)57)47-33-16-9-23(45)18-32(33)46)20-30-27(38(44)37-26-5-3-2-4-21(26)6-17-34(37)50)14-15-29-36(30)41(54)48(39(29)52)24-10-13-28(42(55)56)35(51)19-24/h2-14,16-19,29-31,36,38,47,50-51H,15,20H2,1H3,(H,55,56). The topological polar surface area (TPSA) is 174 Å². The molecule has 12 nitrogen and oxygen atoms in total. The number of ether oxygens (including phenoxy) is 1. The van der Waals surface area contributed by atoms with Gasteiger partial charge in [-0.05, 0) is 83.6 Å². The molecule has 9 rings (SSSR count). The SMILES string of the molecule is COc1ccc(C23C(=O)N(Nc4ccc(Cl)cc4Cl)C(=O)C2CC2C(=CCC4C(=O)N(c5ccc(C(=O)O)c(O)c5)C(=O)C42)C3c2c(O)ccc3ccccc23)cc1. The van der Waals surface area contributed by atoms with Crippen molar-refractivity contribution in [2.75, 3.05) is 17.4 Å². The van der Waals surface area contributed by atoms with Crippen LogP contribution in [0.3, 0.4) is 0 Å². The molecule has 292 valence electrons. The molecular formula is C44H33Cl2N3O9. The van der Waals surface area contributed by atoms with E-state index in [1.54, 1.807) is 48.5 Å². The van der Waals surface area contributed by atoms with Crippen molar-refractivity contribution in [3.63, 3.8) is 0 Å². The van der Waals surface area contributed by atoms with Crippen LogP contribution in [0.4, 0.5) is 11.4 Å². The number of phenols is 2. The lowest BCUT2D eigenvalue weighted by Crippen LogP contribution is -2.53. The summed E-state index contributed by atoms with van der Waals surface area (Å²) >= 11 is 12.8. The Balaban J connectivity index is 1.27. The highest BCUT2D eigenvalue weighted by Crippen LogP contribution is 2.65. The first-order valence-electron chi connectivity index (χ1n) is 18.5. The molecule has 5 aromatic carbocycles. The molecule has 0 aromatic heterocycles. The first-order valence-corrected chi connectivity index (χ1v) is 19.2. The molecule has 2 saturated heterocycles. The van der Waals surface area contributed by atoms with Gasteiger partial charge in [0.2, 0.25) is 11.8 Å². The summed E-state index contributed by atoms with van der Waals surface area (Å²) < 4.78 is 5.48. The van der Waals surface area contributed by atoms with Crippen LogP contribution in [0.15, 0.2) is 109 Å². The molecule has 2 aliphatic carbocycles. The number of anilines is 2. The average Bonchev–Trinajstić information content (AvgIpc) is 3.59. The third kappa shape index (κ3) is 5.31. The third-order valence-corrected chi connectivity index (χ3v) is 12.8. The molecule has 0 radical (unpaired) electrons. The van der Waals surface area contributed by atoms with Crippen molar-refractivity contribution in [3.8, 4) is 17.2 Å². The van der Waals surface area contributed by atoms with Gasteiger partial charge in [-0.2, -0.15) is 5.01 Å². The van der Waals surface area contributed by atoms with Gasteiger partial charge in [0, 0.05) is 22.6 Å². The van der Waals surface area contributed by atoms with Crippen LogP contribution in [0.5, 0.6) is 17.2 Å². The normalized spacial score (nSPS) is 25.0. The number of nitrogens with zero attached hydrogens (tertiary/aromatic N) is 2. The number of fused-ring (bicyclic) bond motifs is 5. The maximum absolute atomic E-state index is 15.6. The smallest absolute Gasteiger partial charge is 0.339 e. The fraction of sp³-hybridized carbons (Fsp3) is 0.205. The second-order valence-electron chi connectivity index (χ2n) is 15.0. The number of aromatic carboxylic acids is 1. The van der Waals surface area contributed by atoms with E-state index in [2.05, 4.69) is 5.43 Å². The number of carboxylic acids is 1. The first-order chi connectivity index (χ1) is 27.9. The van der Waals surface area contributed by atoms with Crippen LogP contribution >= 0.6 is 23.2 Å². The van der Waals surface area contributed by atoms with E-state index < -0.39 is 75.9 Å². The molecule has 58 heavy (non-hydrogen) atoms. The van der Waals surface area contributed by atoms with Gasteiger partial charge in [0.05, 0.1) is 46.7 Å². The Bertz CT molecular complexity index is 2670. The van der Waals surface area contributed by atoms with E-state index in [9.17, 15) is 29.7 Å². The van der Waals surface area contributed by atoms with Crippen LogP contribution in [-0.4, -0.2) is 57.0 Å². The number of phenolic OH excluding ortho intramolecular Hbond substituents is 1. The molecule has 6 atom stereocenters. The fourth-order valence-corrected chi connectivity index (χ4v) is 10.3. The van der Waals surface area contributed by atoms with Crippen LogP contribution in [0.2, 0.25) is 10.0 Å². The molecule has 4 aliphatic rings. The quantitative estimate of drug-likeness (QED) is 0.0954. The maximum atomic E-state index is 15.6. The van der Waals surface area contributed by atoms with E-state index in [0.717, 1.165) is 27.4 Å². The summed E-state index contributed by atoms with van der Waals surface area (Å²) in [5.41, 5.74) is 2.55. The minimum Gasteiger partial charge on any atom is -0.508 e. The van der Waals surface area contributed by atoms with Gasteiger partial charge in [-0.3, -0.25) is 24.6 Å². The van der Waals surface area contributed by atoms with E-state index in [1.165, 1.54) is 19.2 Å². The zero-order chi connectivity index (χ0) is 40.8. The lowest BCUT2D eigenvalue weighted by atomic mass is 9.48. The number of hydrazine groups is 1. The average molecular weight is 819 g/mol. The molecule has 14 heteroatoms. The summed E-state index contributed by atoms with van der Waals surface area (Å²) in [6.45, 7) is 0. The van der Waals surface area contributed by atoms with Crippen LogP contribution < -0.4 is 15.1 Å². The number of halogens is 2. The number of amides is 4. The Hall–Kier alpha value is -6.37. The van der Waals surface area contributed by atoms with Crippen molar-refractivity contribution in [1.82, 2.24) is 5.01 Å². The molecule has 1 saturated carbocycles. The van der Waals surface area contributed by atoms with Gasteiger partial charge in [0.25, 0.3) is 11.8 Å². The summed E-state index contributed by atoms with van der Waals surface area (Å²) in [6.07, 6.45) is 1.92. The number of benzene rings is 5. The Morgan fingerprint density at radius 2 is 1.60 bits per heavy atom. The maximum Gasteiger partial charge on any atom is 0.339 e. The molecule has 0 spiro atoms. The van der Waals surface area contributed by atoms with Crippen molar-refractivity contribution in [1.29, 1.82) is 0 Å². The second kappa shape index (κ2) is 13.6. The number of nitrogens with one attached hydrogen (secondary N) is 1. The Labute approximate surface area is 340 Å². The van der Waals surface area contributed by atoms with Gasteiger partial charge in [-0.15, -0.1) is 0 Å². The zero-order valence-electron chi connectivity index (χ0n) is 30.6.